The van der Waals surface area contributed by atoms with Crippen molar-refractivity contribution in [2.24, 2.45) is 29.6 Å². The molecule has 1 rings (SSSR count). The summed E-state index contributed by atoms with van der Waals surface area (Å²) in [5.41, 5.74) is 0. The Morgan fingerprint density at radius 1 is 1.12 bits per heavy atom. The van der Waals surface area contributed by atoms with Crippen LogP contribution in [0.2, 0.25) is 0 Å². The van der Waals surface area contributed by atoms with Gasteiger partial charge in [-0.3, -0.25) is 0 Å². The van der Waals surface area contributed by atoms with Crippen molar-refractivity contribution in [3.05, 3.63) is 0 Å². The number of nitrogens with one attached hydrogen (secondary N) is 1. The predicted molar refractivity (Wildman–Crippen MR) is 77.2 cm³/mol. The minimum atomic E-state index is 0.777. The molecule has 1 heteroatoms. The molecular formula is C16H33N. The SMILES string of the molecule is CCC1CCC(CNCC(C)C)C(C(C)C)C1. The van der Waals surface area contributed by atoms with Crippen molar-refractivity contribution in [1.29, 1.82) is 0 Å². The van der Waals surface area contributed by atoms with Crippen LogP contribution in [-0.2, 0) is 0 Å². The van der Waals surface area contributed by atoms with Crippen LogP contribution in [0.1, 0.15) is 60.3 Å². The highest BCUT2D eigenvalue weighted by Gasteiger charge is 2.31. The number of hydrogen-bond donors (Lipinski definition) is 1. The van der Waals surface area contributed by atoms with Gasteiger partial charge in [0.1, 0.15) is 0 Å². The van der Waals surface area contributed by atoms with Crippen molar-refractivity contribution < 1.29 is 0 Å². The molecule has 1 N–H and O–H groups in total. The Balaban J connectivity index is 2.40. The lowest BCUT2D eigenvalue weighted by atomic mass is 9.69. The highest BCUT2D eigenvalue weighted by Crippen LogP contribution is 2.39. The third-order valence-electron chi connectivity index (χ3n) is 4.55. The van der Waals surface area contributed by atoms with Crippen molar-refractivity contribution >= 4 is 0 Å². The van der Waals surface area contributed by atoms with E-state index in [4.69, 9.17) is 0 Å². The maximum absolute atomic E-state index is 3.67. The summed E-state index contributed by atoms with van der Waals surface area (Å²) < 4.78 is 0. The van der Waals surface area contributed by atoms with Crippen LogP contribution >= 0.6 is 0 Å². The molecule has 1 aliphatic rings. The summed E-state index contributed by atoms with van der Waals surface area (Å²) in [6.45, 7) is 14.2. The molecule has 3 unspecified atom stereocenters. The summed E-state index contributed by atoms with van der Waals surface area (Å²) in [7, 11) is 0. The lowest BCUT2D eigenvalue weighted by molar-refractivity contribution is 0.130. The standard InChI is InChI=1S/C16H33N/c1-6-14-7-8-15(11-17-10-12(2)3)16(9-14)13(4)5/h12-17H,6-11H2,1-5H3. The fourth-order valence-corrected chi connectivity index (χ4v) is 3.36. The smallest absolute Gasteiger partial charge is 0.00177 e. The largest absolute Gasteiger partial charge is 0.316 e. The highest BCUT2D eigenvalue weighted by atomic mass is 14.9. The summed E-state index contributed by atoms with van der Waals surface area (Å²) in [6, 6.07) is 0. The summed E-state index contributed by atoms with van der Waals surface area (Å²) in [5, 5.41) is 3.67. The van der Waals surface area contributed by atoms with Crippen molar-refractivity contribution in [2.45, 2.75) is 60.3 Å². The van der Waals surface area contributed by atoms with Crippen LogP contribution in [0.3, 0.4) is 0 Å². The van der Waals surface area contributed by atoms with E-state index in [1.54, 1.807) is 0 Å². The fourth-order valence-electron chi connectivity index (χ4n) is 3.36. The molecule has 1 aliphatic carbocycles. The summed E-state index contributed by atoms with van der Waals surface area (Å²) in [4.78, 5) is 0. The summed E-state index contributed by atoms with van der Waals surface area (Å²) in [5.74, 6) is 4.52. The van der Waals surface area contributed by atoms with E-state index < -0.39 is 0 Å². The molecule has 1 nitrogen and oxygen atoms in total. The minimum absolute atomic E-state index is 0.777. The molecule has 1 saturated carbocycles. The topological polar surface area (TPSA) is 12.0 Å². The Morgan fingerprint density at radius 2 is 1.82 bits per heavy atom. The van der Waals surface area contributed by atoms with Gasteiger partial charge >= 0.3 is 0 Å². The number of rotatable bonds is 6. The predicted octanol–water partition coefficient (Wildman–Crippen LogP) is 4.33. The van der Waals surface area contributed by atoms with Crippen LogP contribution in [0.4, 0.5) is 0 Å². The van der Waals surface area contributed by atoms with E-state index in [9.17, 15) is 0 Å². The average molecular weight is 239 g/mol. The van der Waals surface area contributed by atoms with Gasteiger partial charge in [0.25, 0.3) is 0 Å². The quantitative estimate of drug-likeness (QED) is 0.727. The fraction of sp³-hybridized carbons (Fsp3) is 1.00. The first-order valence-corrected chi connectivity index (χ1v) is 7.75. The maximum Gasteiger partial charge on any atom is -0.00177 e. The van der Waals surface area contributed by atoms with Gasteiger partial charge in [0.05, 0.1) is 0 Å². The molecule has 0 heterocycles. The molecule has 102 valence electrons. The van der Waals surface area contributed by atoms with Gasteiger partial charge in [-0.15, -0.1) is 0 Å². The maximum atomic E-state index is 3.67. The summed E-state index contributed by atoms with van der Waals surface area (Å²) in [6.07, 6.45) is 5.78. The molecule has 17 heavy (non-hydrogen) atoms. The van der Waals surface area contributed by atoms with Crippen LogP contribution in [0.15, 0.2) is 0 Å². The van der Waals surface area contributed by atoms with E-state index in [1.165, 1.54) is 38.8 Å². The van der Waals surface area contributed by atoms with Gasteiger partial charge < -0.3 is 5.32 Å². The molecule has 1 fully saturated rings. The van der Waals surface area contributed by atoms with Crippen molar-refractivity contribution in [3.8, 4) is 0 Å². The van der Waals surface area contributed by atoms with E-state index in [0.29, 0.717) is 0 Å². The molecule has 0 aromatic rings. The molecule has 0 aromatic carbocycles. The van der Waals surface area contributed by atoms with E-state index in [-0.39, 0.29) is 0 Å². The van der Waals surface area contributed by atoms with Gasteiger partial charge in [0, 0.05) is 0 Å². The Kier molecular flexibility index (Phi) is 6.54. The molecule has 0 aliphatic heterocycles. The Morgan fingerprint density at radius 3 is 2.35 bits per heavy atom. The molecule has 0 saturated heterocycles. The van der Waals surface area contributed by atoms with Gasteiger partial charge in [0.2, 0.25) is 0 Å². The molecule has 0 amide bonds. The lowest BCUT2D eigenvalue weighted by Crippen LogP contribution is -2.36. The van der Waals surface area contributed by atoms with Gasteiger partial charge in [-0.2, -0.15) is 0 Å². The molecule has 0 bridgehead atoms. The Labute approximate surface area is 109 Å². The van der Waals surface area contributed by atoms with Crippen LogP contribution in [-0.4, -0.2) is 13.1 Å². The van der Waals surface area contributed by atoms with E-state index >= 15 is 0 Å². The third-order valence-corrected chi connectivity index (χ3v) is 4.55. The number of hydrogen-bond acceptors (Lipinski definition) is 1. The first-order valence-electron chi connectivity index (χ1n) is 7.75. The van der Waals surface area contributed by atoms with Crippen molar-refractivity contribution in [1.82, 2.24) is 5.32 Å². The molecule has 0 radical (unpaired) electrons. The lowest BCUT2D eigenvalue weighted by Gasteiger charge is -2.38. The van der Waals surface area contributed by atoms with Crippen LogP contribution < -0.4 is 5.32 Å². The van der Waals surface area contributed by atoms with E-state index in [0.717, 1.165) is 29.6 Å². The summed E-state index contributed by atoms with van der Waals surface area (Å²) >= 11 is 0. The third kappa shape index (κ3) is 4.99. The van der Waals surface area contributed by atoms with E-state index in [2.05, 4.69) is 39.9 Å². The van der Waals surface area contributed by atoms with Gasteiger partial charge in [-0.25, -0.2) is 0 Å². The molecule has 0 aromatic heterocycles. The molecular weight excluding hydrogens is 206 g/mol. The zero-order chi connectivity index (χ0) is 12.8. The monoisotopic (exact) mass is 239 g/mol. The Hall–Kier alpha value is -0.0400. The second-order valence-electron chi connectivity index (χ2n) is 6.81. The first-order chi connectivity index (χ1) is 8.04. The van der Waals surface area contributed by atoms with Crippen LogP contribution in [0.25, 0.3) is 0 Å². The average Bonchev–Trinajstić information content (AvgIpc) is 2.28. The first kappa shape index (κ1) is 15.0. The molecule has 0 spiro atoms. The minimum Gasteiger partial charge on any atom is -0.316 e. The van der Waals surface area contributed by atoms with Crippen LogP contribution in [0, 0.1) is 29.6 Å². The van der Waals surface area contributed by atoms with E-state index in [1.807, 2.05) is 0 Å². The van der Waals surface area contributed by atoms with Gasteiger partial charge in [-0.1, -0.05) is 47.5 Å². The van der Waals surface area contributed by atoms with Gasteiger partial charge in [0.15, 0.2) is 0 Å². The zero-order valence-corrected chi connectivity index (χ0v) is 12.6. The second-order valence-corrected chi connectivity index (χ2v) is 6.81. The molecule has 3 atom stereocenters. The zero-order valence-electron chi connectivity index (χ0n) is 12.6. The Bertz CT molecular complexity index is 198. The van der Waals surface area contributed by atoms with Gasteiger partial charge in [-0.05, 0) is 55.5 Å². The van der Waals surface area contributed by atoms with Crippen molar-refractivity contribution in [3.63, 3.8) is 0 Å². The van der Waals surface area contributed by atoms with Crippen molar-refractivity contribution in [2.75, 3.05) is 13.1 Å². The van der Waals surface area contributed by atoms with Crippen LogP contribution in [0.5, 0.6) is 0 Å². The highest BCUT2D eigenvalue weighted by molar-refractivity contribution is 4.82. The normalized spacial score (nSPS) is 30.2. The second kappa shape index (κ2) is 7.41.